The summed E-state index contributed by atoms with van der Waals surface area (Å²) in [6.45, 7) is 3.84. The number of amides is 1. The summed E-state index contributed by atoms with van der Waals surface area (Å²) >= 11 is 0. The van der Waals surface area contributed by atoms with Crippen LogP contribution in [0.1, 0.15) is 31.3 Å². The lowest BCUT2D eigenvalue weighted by Crippen LogP contribution is -2.33. The molecule has 9 heteroatoms. The lowest BCUT2D eigenvalue weighted by molar-refractivity contribution is -0.115. The molecule has 3 heterocycles. The fourth-order valence-corrected chi connectivity index (χ4v) is 4.56. The average Bonchev–Trinajstić information content (AvgIpc) is 3.21. The summed E-state index contributed by atoms with van der Waals surface area (Å²) in [5, 5.41) is 11.0. The number of pyridine rings is 1. The quantitative estimate of drug-likeness (QED) is 0.698. The molecule has 8 nitrogen and oxygen atoms in total. The molecule has 0 unspecified atom stereocenters. The SMILES string of the molecule is CC(C)[C@H](NS(=O)(=O)c1ccc2c(c1)CC(=O)N2)c1nnc2ccccn12. The number of sulfonamides is 1. The second-order valence-electron chi connectivity index (χ2n) is 6.87. The predicted molar refractivity (Wildman–Crippen MR) is 99.7 cm³/mol. The van der Waals surface area contributed by atoms with Crippen LogP contribution in [0.5, 0.6) is 0 Å². The van der Waals surface area contributed by atoms with E-state index in [1.165, 1.54) is 12.1 Å². The standard InChI is InChI=1S/C18H19N5O3S/c1-11(2)17(18-21-20-15-5-3-4-8-23(15)18)22-27(25,26)13-6-7-14-12(9-13)10-16(24)19-14/h3-9,11,17,22H,10H2,1-2H3,(H,19,24)/t17-/m0/s1. The maximum absolute atomic E-state index is 13.0. The van der Waals surface area contributed by atoms with Gasteiger partial charge < -0.3 is 5.32 Å². The zero-order valence-corrected chi connectivity index (χ0v) is 15.7. The second kappa shape index (κ2) is 6.43. The van der Waals surface area contributed by atoms with Gasteiger partial charge in [0, 0.05) is 11.9 Å². The first-order valence-corrected chi connectivity index (χ1v) is 10.1. The van der Waals surface area contributed by atoms with Gasteiger partial charge in [-0.3, -0.25) is 9.20 Å². The van der Waals surface area contributed by atoms with Crippen molar-refractivity contribution < 1.29 is 13.2 Å². The molecule has 0 saturated carbocycles. The van der Waals surface area contributed by atoms with E-state index in [4.69, 9.17) is 0 Å². The predicted octanol–water partition coefficient (Wildman–Crippen LogP) is 1.90. The van der Waals surface area contributed by atoms with Crippen LogP contribution >= 0.6 is 0 Å². The average molecular weight is 385 g/mol. The molecule has 0 radical (unpaired) electrons. The van der Waals surface area contributed by atoms with Crippen LogP contribution in [0.15, 0.2) is 47.5 Å². The summed E-state index contributed by atoms with van der Waals surface area (Å²) in [6, 6.07) is 9.60. The van der Waals surface area contributed by atoms with Gasteiger partial charge in [0.15, 0.2) is 11.5 Å². The van der Waals surface area contributed by atoms with Crippen LogP contribution in [-0.2, 0) is 21.2 Å². The molecule has 0 saturated heterocycles. The van der Waals surface area contributed by atoms with Crippen molar-refractivity contribution >= 4 is 27.3 Å². The van der Waals surface area contributed by atoms with E-state index in [0.29, 0.717) is 22.7 Å². The van der Waals surface area contributed by atoms with E-state index in [1.54, 1.807) is 16.7 Å². The summed E-state index contributed by atoms with van der Waals surface area (Å²) in [5.74, 6) is 0.342. The fraction of sp³-hybridized carbons (Fsp3) is 0.278. The third kappa shape index (κ3) is 3.19. The van der Waals surface area contributed by atoms with Crippen LogP contribution in [0.4, 0.5) is 5.69 Å². The molecule has 0 bridgehead atoms. The molecule has 1 aromatic carbocycles. The Morgan fingerprint density at radius 2 is 2.00 bits per heavy atom. The van der Waals surface area contributed by atoms with Crippen LogP contribution in [0, 0.1) is 5.92 Å². The minimum absolute atomic E-state index is 0.0509. The number of nitrogens with zero attached hydrogens (tertiary/aromatic N) is 3. The van der Waals surface area contributed by atoms with Gasteiger partial charge in [0.1, 0.15) is 0 Å². The van der Waals surface area contributed by atoms with Crippen molar-refractivity contribution in [2.75, 3.05) is 5.32 Å². The smallest absolute Gasteiger partial charge is 0.241 e. The normalized spacial score (nSPS) is 15.1. The molecule has 1 amide bonds. The van der Waals surface area contributed by atoms with Gasteiger partial charge in [-0.1, -0.05) is 19.9 Å². The molecule has 1 aliphatic heterocycles. The van der Waals surface area contributed by atoms with Crippen LogP contribution in [-0.4, -0.2) is 28.9 Å². The molecule has 2 aromatic heterocycles. The zero-order chi connectivity index (χ0) is 19.2. The van der Waals surface area contributed by atoms with Crippen molar-refractivity contribution in [2.45, 2.75) is 31.2 Å². The van der Waals surface area contributed by atoms with Gasteiger partial charge in [-0.15, -0.1) is 10.2 Å². The molecule has 2 N–H and O–H groups in total. The van der Waals surface area contributed by atoms with Gasteiger partial charge in [-0.25, -0.2) is 13.1 Å². The minimum atomic E-state index is -3.81. The molecule has 0 fully saturated rings. The topological polar surface area (TPSA) is 105 Å². The zero-order valence-electron chi connectivity index (χ0n) is 14.9. The lowest BCUT2D eigenvalue weighted by Gasteiger charge is -2.21. The van der Waals surface area contributed by atoms with Gasteiger partial charge in [0.25, 0.3) is 0 Å². The van der Waals surface area contributed by atoms with E-state index in [1.807, 2.05) is 32.0 Å². The number of fused-ring (bicyclic) bond motifs is 2. The summed E-state index contributed by atoms with van der Waals surface area (Å²) < 4.78 is 30.5. The van der Waals surface area contributed by atoms with Crippen LogP contribution in [0.25, 0.3) is 5.65 Å². The summed E-state index contributed by atoms with van der Waals surface area (Å²) in [4.78, 5) is 11.6. The summed E-state index contributed by atoms with van der Waals surface area (Å²) in [7, 11) is -3.81. The number of benzene rings is 1. The van der Waals surface area contributed by atoms with Crippen molar-refractivity contribution in [1.29, 1.82) is 0 Å². The van der Waals surface area contributed by atoms with Gasteiger partial charge in [0.05, 0.1) is 17.4 Å². The van der Waals surface area contributed by atoms with E-state index in [-0.39, 0.29) is 23.1 Å². The van der Waals surface area contributed by atoms with E-state index in [0.717, 1.165) is 0 Å². The molecule has 0 aliphatic carbocycles. The Balaban J connectivity index is 1.69. The largest absolute Gasteiger partial charge is 0.326 e. The van der Waals surface area contributed by atoms with E-state index < -0.39 is 16.1 Å². The van der Waals surface area contributed by atoms with Crippen molar-refractivity contribution in [1.82, 2.24) is 19.3 Å². The summed E-state index contributed by atoms with van der Waals surface area (Å²) in [5.41, 5.74) is 1.99. The highest BCUT2D eigenvalue weighted by atomic mass is 32.2. The third-order valence-corrected chi connectivity index (χ3v) is 6.02. The van der Waals surface area contributed by atoms with E-state index in [9.17, 15) is 13.2 Å². The molecular weight excluding hydrogens is 366 g/mol. The maximum atomic E-state index is 13.0. The molecule has 140 valence electrons. The van der Waals surface area contributed by atoms with Crippen LogP contribution < -0.4 is 10.0 Å². The van der Waals surface area contributed by atoms with Crippen LogP contribution in [0.2, 0.25) is 0 Å². The Morgan fingerprint density at radius 1 is 1.19 bits per heavy atom. The molecule has 0 spiro atoms. The lowest BCUT2D eigenvalue weighted by atomic mass is 10.1. The van der Waals surface area contributed by atoms with Gasteiger partial charge >= 0.3 is 0 Å². The molecule has 3 aromatic rings. The molecular formula is C18H19N5O3S. The monoisotopic (exact) mass is 385 g/mol. The first-order valence-electron chi connectivity index (χ1n) is 8.60. The van der Waals surface area contributed by atoms with Gasteiger partial charge in [-0.2, -0.15) is 0 Å². The highest BCUT2D eigenvalue weighted by Crippen LogP contribution is 2.28. The Bertz CT molecular complexity index is 1140. The van der Waals surface area contributed by atoms with Crippen molar-refractivity contribution in [3.05, 3.63) is 54.0 Å². The molecule has 27 heavy (non-hydrogen) atoms. The first-order chi connectivity index (χ1) is 12.8. The number of aromatic nitrogens is 3. The second-order valence-corrected chi connectivity index (χ2v) is 8.59. The van der Waals surface area contributed by atoms with Gasteiger partial charge in [-0.05, 0) is 41.8 Å². The summed E-state index contributed by atoms with van der Waals surface area (Å²) in [6.07, 6.45) is 1.99. The molecule has 1 aliphatic rings. The Labute approximate surface area is 156 Å². The first kappa shape index (κ1) is 17.6. The number of nitrogens with one attached hydrogen (secondary N) is 2. The highest BCUT2D eigenvalue weighted by Gasteiger charge is 2.29. The molecule has 1 atom stereocenters. The number of hydrogen-bond acceptors (Lipinski definition) is 5. The fourth-order valence-electron chi connectivity index (χ4n) is 3.17. The number of carbonyl (C=O) groups is 1. The number of rotatable bonds is 5. The van der Waals surface area contributed by atoms with E-state index in [2.05, 4.69) is 20.2 Å². The van der Waals surface area contributed by atoms with E-state index >= 15 is 0 Å². The molecule has 4 rings (SSSR count). The van der Waals surface area contributed by atoms with Crippen molar-refractivity contribution in [2.24, 2.45) is 5.92 Å². The van der Waals surface area contributed by atoms with Crippen molar-refractivity contribution in [3.8, 4) is 0 Å². The number of hydrogen-bond donors (Lipinski definition) is 2. The van der Waals surface area contributed by atoms with Crippen molar-refractivity contribution in [3.63, 3.8) is 0 Å². The van der Waals surface area contributed by atoms with Gasteiger partial charge in [0.2, 0.25) is 15.9 Å². The maximum Gasteiger partial charge on any atom is 0.241 e. The Hall–Kier alpha value is -2.78. The van der Waals surface area contributed by atoms with Crippen LogP contribution in [0.3, 0.4) is 0 Å². The minimum Gasteiger partial charge on any atom is -0.326 e. The number of anilines is 1. The Morgan fingerprint density at radius 3 is 2.78 bits per heavy atom. The Kier molecular flexibility index (Phi) is 4.20. The highest BCUT2D eigenvalue weighted by molar-refractivity contribution is 7.89. The third-order valence-electron chi connectivity index (χ3n) is 4.58. The number of carbonyl (C=O) groups excluding carboxylic acids is 1.